The number of rotatable bonds is 8. The molecule has 2 aliphatic rings. The van der Waals surface area contributed by atoms with Crippen molar-refractivity contribution in [1.29, 1.82) is 0 Å². The number of carbonyl (C=O) groups is 1. The molecule has 2 aromatic carbocycles. The van der Waals surface area contributed by atoms with Crippen LogP contribution < -0.4 is 10.2 Å². The molecular formula is C28H34N3O7P. The lowest BCUT2D eigenvalue weighted by Crippen LogP contribution is -2.34. The second-order valence-corrected chi connectivity index (χ2v) is 12.6. The minimum atomic E-state index is -3.87. The zero-order chi connectivity index (χ0) is 28.4. The zero-order valence-corrected chi connectivity index (χ0v) is 23.7. The van der Waals surface area contributed by atoms with Crippen LogP contribution in [0.4, 0.5) is 11.4 Å². The van der Waals surface area contributed by atoms with Gasteiger partial charge in [-0.1, -0.05) is 44.2 Å². The number of carbonyl (C=O) groups excluding carboxylic acids is 1. The summed E-state index contributed by atoms with van der Waals surface area (Å²) < 4.78 is 31.6. The Morgan fingerprint density at radius 1 is 1.13 bits per heavy atom. The van der Waals surface area contributed by atoms with Gasteiger partial charge in [0, 0.05) is 41.7 Å². The van der Waals surface area contributed by atoms with E-state index >= 15 is 0 Å². The number of ether oxygens (including phenoxy) is 1. The number of anilines is 1. The van der Waals surface area contributed by atoms with Gasteiger partial charge in [-0.3, -0.25) is 14.7 Å². The Hall–Kier alpha value is -3.46. The van der Waals surface area contributed by atoms with E-state index in [2.05, 4.69) is 5.32 Å². The lowest BCUT2D eigenvalue weighted by Gasteiger charge is -2.39. The molecule has 0 aromatic heterocycles. The highest BCUT2D eigenvalue weighted by atomic mass is 31.2. The number of hydrogen-bond donors (Lipinski definition) is 1. The van der Waals surface area contributed by atoms with Crippen LogP contribution in [0.1, 0.15) is 39.2 Å². The standard InChI is InChI=1S/C28H34N3O7P/c1-19-24(27(32)36-15-14-30(5)22-11-7-6-8-12-22)25(21-10-9-13-23(16-21)31(33)34)26(20(2)29-19)39(35)37-17-28(3,4)18-38-39/h6-13,16,25,29H,14-15,17-18H2,1-5H3. The lowest BCUT2D eigenvalue weighted by atomic mass is 9.86. The number of dihydropyridines is 1. The number of nitro groups is 1. The molecule has 2 aromatic rings. The Morgan fingerprint density at radius 3 is 2.44 bits per heavy atom. The van der Waals surface area contributed by atoms with E-state index in [0.717, 1.165) is 5.69 Å². The molecule has 0 aliphatic carbocycles. The smallest absolute Gasteiger partial charge is 0.360 e. The molecule has 0 saturated carbocycles. The molecule has 4 rings (SSSR count). The van der Waals surface area contributed by atoms with Crippen molar-refractivity contribution < 1.29 is 28.1 Å². The number of likely N-dealkylation sites (N-methyl/N-ethyl adjacent to an activating group) is 1. The number of allylic oxidation sites excluding steroid dienone is 3. The maximum Gasteiger partial charge on any atom is 0.360 e. The fraction of sp³-hybridized carbons (Fsp3) is 0.393. The molecule has 39 heavy (non-hydrogen) atoms. The van der Waals surface area contributed by atoms with Gasteiger partial charge in [-0.05, 0) is 31.5 Å². The van der Waals surface area contributed by atoms with Gasteiger partial charge in [-0.15, -0.1) is 0 Å². The summed E-state index contributed by atoms with van der Waals surface area (Å²) in [6.07, 6.45) is 0. The summed E-state index contributed by atoms with van der Waals surface area (Å²) in [6, 6.07) is 15.7. The van der Waals surface area contributed by atoms with Crippen LogP contribution in [0.15, 0.2) is 76.9 Å². The van der Waals surface area contributed by atoms with Crippen LogP contribution in [0.5, 0.6) is 0 Å². The molecule has 0 amide bonds. The van der Waals surface area contributed by atoms with Crippen LogP contribution in [-0.2, 0) is 23.1 Å². The fourth-order valence-corrected chi connectivity index (χ4v) is 7.11. The summed E-state index contributed by atoms with van der Waals surface area (Å²) in [7, 11) is -1.97. The monoisotopic (exact) mass is 555 g/mol. The molecule has 0 radical (unpaired) electrons. The maximum absolute atomic E-state index is 14.2. The van der Waals surface area contributed by atoms with Gasteiger partial charge in [0.1, 0.15) is 6.61 Å². The van der Waals surface area contributed by atoms with Crippen LogP contribution in [0, 0.1) is 15.5 Å². The van der Waals surface area contributed by atoms with Crippen LogP contribution in [-0.4, -0.2) is 44.3 Å². The summed E-state index contributed by atoms with van der Waals surface area (Å²) in [6.45, 7) is 8.25. The molecular weight excluding hydrogens is 521 g/mol. The molecule has 1 atom stereocenters. The summed E-state index contributed by atoms with van der Waals surface area (Å²) in [5.41, 5.74) is 2.11. The van der Waals surface area contributed by atoms with Crippen LogP contribution >= 0.6 is 7.60 Å². The molecule has 1 N–H and O–H groups in total. The van der Waals surface area contributed by atoms with Crippen LogP contribution in [0.3, 0.4) is 0 Å². The minimum Gasteiger partial charge on any atom is -0.460 e. The van der Waals surface area contributed by atoms with E-state index in [1.54, 1.807) is 19.9 Å². The lowest BCUT2D eigenvalue weighted by molar-refractivity contribution is -0.384. The van der Waals surface area contributed by atoms with E-state index in [1.165, 1.54) is 18.2 Å². The number of hydrogen-bond acceptors (Lipinski definition) is 9. The van der Waals surface area contributed by atoms with Crippen LogP contribution in [0.2, 0.25) is 0 Å². The predicted octanol–water partition coefficient (Wildman–Crippen LogP) is 5.73. The van der Waals surface area contributed by atoms with Crippen molar-refractivity contribution in [2.24, 2.45) is 5.41 Å². The third-order valence-electron chi connectivity index (χ3n) is 6.76. The van der Waals surface area contributed by atoms with Crippen molar-refractivity contribution >= 4 is 24.9 Å². The second-order valence-electron chi connectivity index (χ2n) is 10.6. The molecule has 0 spiro atoms. The number of esters is 1. The molecule has 10 nitrogen and oxygen atoms in total. The first-order chi connectivity index (χ1) is 18.4. The molecule has 11 heteroatoms. The van der Waals surface area contributed by atoms with E-state index in [1.807, 2.05) is 56.1 Å². The highest BCUT2D eigenvalue weighted by Gasteiger charge is 2.48. The molecule has 1 saturated heterocycles. The molecule has 2 heterocycles. The van der Waals surface area contributed by atoms with E-state index in [4.69, 9.17) is 13.8 Å². The zero-order valence-electron chi connectivity index (χ0n) is 22.8. The Morgan fingerprint density at radius 2 is 1.79 bits per heavy atom. The Kier molecular flexibility index (Phi) is 8.30. The van der Waals surface area contributed by atoms with Crippen molar-refractivity contribution in [3.63, 3.8) is 0 Å². The third kappa shape index (κ3) is 6.24. The Labute approximate surface area is 228 Å². The highest BCUT2D eigenvalue weighted by Crippen LogP contribution is 2.66. The fourth-order valence-electron chi connectivity index (χ4n) is 4.66. The van der Waals surface area contributed by atoms with Crippen molar-refractivity contribution in [2.45, 2.75) is 33.6 Å². The number of non-ortho nitro benzene ring substituents is 1. The van der Waals surface area contributed by atoms with Crippen molar-refractivity contribution in [2.75, 3.05) is 38.3 Å². The van der Waals surface area contributed by atoms with Crippen LogP contribution in [0.25, 0.3) is 0 Å². The largest absolute Gasteiger partial charge is 0.460 e. The van der Waals surface area contributed by atoms with E-state index < -0.39 is 24.4 Å². The van der Waals surface area contributed by atoms with Gasteiger partial charge in [-0.2, -0.15) is 0 Å². The minimum absolute atomic E-state index is 0.0968. The van der Waals surface area contributed by atoms with Gasteiger partial charge in [0.2, 0.25) is 0 Å². The van der Waals surface area contributed by atoms with Crippen molar-refractivity contribution in [3.8, 4) is 0 Å². The molecule has 1 fully saturated rings. The van der Waals surface area contributed by atoms with Gasteiger partial charge in [0.15, 0.2) is 0 Å². The maximum atomic E-state index is 14.2. The van der Waals surface area contributed by atoms with Gasteiger partial charge in [0.25, 0.3) is 5.69 Å². The van der Waals surface area contributed by atoms with Crippen molar-refractivity contribution in [3.05, 3.63) is 92.6 Å². The molecule has 208 valence electrons. The SMILES string of the molecule is CC1=C(C(=O)OCCN(C)c2ccccc2)C(c2cccc([N+](=O)[O-])c2)C(P2(=O)OCC(C)(C)CO2)=C(C)N1. The number of benzene rings is 2. The second kappa shape index (κ2) is 11.3. The first kappa shape index (κ1) is 28.5. The summed E-state index contributed by atoms with van der Waals surface area (Å²) in [5, 5.41) is 15.0. The summed E-state index contributed by atoms with van der Waals surface area (Å²) in [4.78, 5) is 26.6. The van der Waals surface area contributed by atoms with Gasteiger partial charge >= 0.3 is 13.6 Å². The number of nitro benzene ring substituents is 1. The Bertz CT molecular complexity index is 1360. The molecule has 2 aliphatic heterocycles. The van der Waals surface area contributed by atoms with Gasteiger partial charge in [-0.25, -0.2) is 4.79 Å². The molecule has 1 unspecified atom stereocenters. The average molecular weight is 556 g/mol. The van der Waals surface area contributed by atoms with E-state index in [0.29, 0.717) is 23.5 Å². The van der Waals surface area contributed by atoms with Gasteiger partial charge in [0.05, 0.1) is 41.5 Å². The van der Waals surface area contributed by atoms with Gasteiger partial charge < -0.3 is 24.0 Å². The molecule has 0 bridgehead atoms. The first-order valence-corrected chi connectivity index (χ1v) is 14.2. The normalized spacial score (nSPS) is 20.3. The van der Waals surface area contributed by atoms with Crippen molar-refractivity contribution in [1.82, 2.24) is 5.32 Å². The average Bonchev–Trinajstić information content (AvgIpc) is 2.90. The number of para-hydroxylation sites is 1. The third-order valence-corrected chi connectivity index (χ3v) is 8.88. The highest BCUT2D eigenvalue weighted by molar-refractivity contribution is 7.58. The summed E-state index contributed by atoms with van der Waals surface area (Å²) >= 11 is 0. The van der Waals surface area contributed by atoms with E-state index in [-0.39, 0.29) is 41.8 Å². The predicted molar refractivity (Wildman–Crippen MR) is 148 cm³/mol. The quantitative estimate of drug-likeness (QED) is 0.188. The topological polar surface area (TPSA) is 120 Å². The first-order valence-electron chi connectivity index (χ1n) is 12.7. The summed E-state index contributed by atoms with van der Waals surface area (Å²) in [5.74, 6) is -1.55. The van der Waals surface area contributed by atoms with E-state index in [9.17, 15) is 19.5 Å². The Balaban J connectivity index is 1.68. The number of nitrogens with zero attached hydrogens (tertiary/aromatic N) is 2. The number of nitrogens with one attached hydrogen (secondary N) is 1.